The smallest absolute Gasteiger partial charge is 0.349 e. The van der Waals surface area contributed by atoms with Gasteiger partial charge in [0.25, 0.3) is 0 Å². The molecule has 0 fully saturated rings. The molecule has 0 radical (unpaired) electrons. The van der Waals surface area contributed by atoms with Crippen LogP contribution in [0.2, 0.25) is 5.02 Å². The fourth-order valence-electron chi connectivity index (χ4n) is 1.98. The van der Waals surface area contributed by atoms with E-state index in [1.165, 1.54) is 11.3 Å². The van der Waals surface area contributed by atoms with Gasteiger partial charge in [-0.15, -0.1) is 11.3 Å². The van der Waals surface area contributed by atoms with Crippen LogP contribution in [0.25, 0.3) is 0 Å². The number of carbonyl (C=O) groups is 1. The van der Waals surface area contributed by atoms with E-state index in [-0.39, 0.29) is 11.5 Å². The summed E-state index contributed by atoms with van der Waals surface area (Å²) >= 11 is 7.49. The van der Waals surface area contributed by atoms with Crippen LogP contribution in [-0.4, -0.2) is 20.9 Å². The first-order valence-electron chi connectivity index (χ1n) is 6.66. The van der Waals surface area contributed by atoms with Gasteiger partial charge in [-0.05, 0) is 18.9 Å². The highest BCUT2D eigenvalue weighted by molar-refractivity contribution is 7.14. The van der Waals surface area contributed by atoms with Gasteiger partial charge in [0.1, 0.15) is 12.4 Å². The molecule has 1 N–H and O–H groups in total. The molecule has 2 aromatic rings. The summed E-state index contributed by atoms with van der Waals surface area (Å²) in [5.74, 6) is -0.584. The molecule has 114 valence electrons. The Morgan fingerprint density at radius 1 is 1.48 bits per heavy atom. The zero-order valence-electron chi connectivity index (χ0n) is 12.1. The molecular weight excluding hydrogens is 312 g/mol. The summed E-state index contributed by atoms with van der Waals surface area (Å²) in [6, 6.07) is 1.78. The predicted octanol–water partition coefficient (Wildman–Crippen LogP) is 3.54. The van der Waals surface area contributed by atoms with Crippen molar-refractivity contribution in [2.45, 2.75) is 33.3 Å². The highest BCUT2D eigenvalue weighted by atomic mass is 35.5. The van der Waals surface area contributed by atoms with Crippen LogP contribution in [0, 0.1) is 0 Å². The third-order valence-electron chi connectivity index (χ3n) is 3.16. The Morgan fingerprint density at radius 3 is 2.71 bits per heavy atom. The van der Waals surface area contributed by atoms with Crippen molar-refractivity contribution in [1.29, 1.82) is 0 Å². The number of hydrogen-bond acceptors (Lipinski definition) is 4. The van der Waals surface area contributed by atoms with Gasteiger partial charge in [0.2, 0.25) is 0 Å². The van der Waals surface area contributed by atoms with E-state index in [2.05, 4.69) is 5.10 Å². The zero-order chi connectivity index (χ0) is 15.6. The summed E-state index contributed by atoms with van der Waals surface area (Å²) in [7, 11) is 1.80. The molecule has 0 spiro atoms. The molecule has 7 heteroatoms. The number of aryl methyl sites for hydroxylation is 3. The second-order valence-corrected chi connectivity index (χ2v) is 6.05. The number of ether oxygens (including phenoxy) is 1. The number of thiophene rings is 1. The van der Waals surface area contributed by atoms with E-state index in [0.717, 1.165) is 29.1 Å². The van der Waals surface area contributed by atoms with E-state index in [9.17, 15) is 9.90 Å². The Bertz CT molecular complexity index is 663. The molecule has 0 aliphatic carbocycles. The lowest BCUT2D eigenvalue weighted by atomic mass is 10.3. The van der Waals surface area contributed by atoms with E-state index < -0.39 is 5.97 Å². The SMILES string of the molecule is CCc1cc(OCc2c(Cl)c(CC)nn2C)c(C(=O)O)s1. The fraction of sp³-hybridized carbons (Fsp3) is 0.429. The maximum atomic E-state index is 11.2. The quantitative estimate of drug-likeness (QED) is 0.881. The van der Waals surface area contributed by atoms with E-state index in [0.29, 0.717) is 10.8 Å². The van der Waals surface area contributed by atoms with E-state index in [4.69, 9.17) is 16.3 Å². The van der Waals surface area contributed by atoms with Crippen LogP contribution < -0.4 is 4.74 Å². The zero-order valence-corrected chi connectivity index (χ0v) is 13.7. The van der Waals surface area contributed by atoms with Crippen molar-refractivity contribution in [2.24, 2.45) is 7.05 Å². The first-order chi connectivity index (χ1) is 9.97. The highest BCUT2D eigenvalue weighted by Gasteiger charge is 2.18. The van der Waals surface area contributed by atoms with E-state index >= 15 is 0 Å². The minimum Gasteiger partial charge on any atom is -0.485 e. The molecule has 0 aromatic carbocycles. The number of hydrogen-bond donors (Lipinski definition) is 1. The van der Waals surface area contributed by atoms with Crippen LogP contribution in [0.1, 0.15) is 39.8 Å². The molecule has 0 saturated carbocycles. The number of rotatable bonds is 6. The minimum absolute atomic E-state index is 0.197. The monoisotopic (exact) mass is 328 g/mol. The topological polar surface area (TPSA) is 64.4 Å². The average molecular weight is 329 g/mol. The minimum atomic E-state index is -0.972. The van der Waals surface area contributed by atoms with Gasteiger partial charge < -0.3 is 9.84 Å². The molecule has 21 heavy (non-hydrogen) atoms. The first kappa shape index (κ1) is 15.9. The van der Waals surface area contributed by atoms with Crippen LogP contribution in [0.4, 0.5) is 0 Å². The number of nitrogens with zero attached hydrogens (tertiary/aromatic N) is 2. The maximum Gasteiger partial charge on any atom is 0.349 e. The van der Waals surface area contributed by atoms with Gasteiger partial charge in [-0.2, -0.15) is 5.10 Å². The van der Waals surface area contributed by atoms with E-state index in [1.54, 1.807) is 17.8 Å². The van der Waals surface area contributed by atoms with Crippen molar-refractivity contribution in [2.75, 3.05) is 0 Å². The normalized spacial score (nSPS) is 10.9. The Hall–Kier alpha value is -1.53. The van der Waals surface area contributed by atoms with Crippen LogP contribution in [-0.2, 0) is 26.5 Å². The molecule has 0 saturated heterocycles. The average Bonchev–Trinajstić information content (AvgIpc) is 2.98. The Balaban J connectivity index is 2.22. The summed E-state index contributed by atoms with van der Waals surface area (Å²) in [4.78, 5) is 12.4. The molecule has 5 nitrogen and oxygen atoms in total. The van der Waals surface area contributed by atoms with Crippen LogP contribution >= 0.6 is 22.9 Å². The van der Waals surface area contributed by atoms with Gasteiger partial charge >= 0.3 is 5.97 Å². The van der Waals surface area contributed by atoms with E-state index in [1.807, 2.05) is 13.8 Å². The van der Waals surface area contributed by atoms with Crippen molar-refractivity contribution in [3.8, 4) is 5.75 Å². The molecule has 0 amide bonds. The van der Waals surface area contributed by atoms with Crippen molar-refractivity contribution < 1.29 is 14.6 Å². The van der Waals surface area contributed by atoms with Crippen molar-refractivity contribution in [1.82, 2.24) is 9.78 Å². The second kappa shape index (κ2) is 6.49. The number of aromatic carboxylic acids is 1. The number of carboxylic acids is 1. The lowest BCUT2D eigenvalue weighted by Gasteiger charge is -2.06. The summed E-state index contributed by atoms with van der Waals surface area (Å²) in [6.07, 6.45) is 1.52. The molecule has 0 bridgehead atoms. The largest absolute Gasteiger partial charge is 0.485 e. The summed E-state index contributed by atoms with van der Waals surface area (Å²) < 4.78 is 7.35. The molecule has 2 heterocycles. The Labute approximate surface area is 132 Å². The number of aromatic nitrogens is 2. The molecular formula is C14H17ClN2O3S. The van der Waals surface area contributed by atoms with Crippen molar-refractivity contribution >= 4 is 28.9 Å². The van der Waals surface area contributed by atoms with Gasteiger partial charge in [-0.25, -0.2) is 4.79 Å². The summed E-state index contributed by atoms with van der Waals surface area (Å²) in [5.41, 5.74) is 1.56. The fourth-order valence-corrected chi connectivity index (χ4v) is 3.20. The second-order valence-electron chi connectivity index (χ2n) is 4.54. The molecule has 0 unspecified atom stereocenters. The molecule has 0 atom stereocenters. The van der Waals surface area contributed by atoms with Crippen LogP contribution in [0.3, 0.4) is 0 Å². The van der Waals surface area contributed by atoms with Gasteiger partial charge in [0.05, 0.1) is 16.4 Å². The summed E-state index contributed by atoms with van der Waals surface area (Å²) in [5, 5.41) is 14.1. The lowest BCUT2D eigenvalue weighted by molar-refractivity contribution is 0.0697. The Morgan fingerprint density at radius 2 is 2.19 bits per heavy atom. The summed E-state index contributed by atoms with van der Waals surface area (Å²) in [6.45, 7) is 4.16. The number of carboxylic acid groups (broad SMARTS) is 1. The molecule has 0 aliphatic heterocycles. The lowest BCUT2D eigenvalue weighted by Crippen LogP contribution is -2.05. The highest BCUT2D eigenvalue weighted by Crippen LogP contribution is 2.31. The van der Waals surface area contributed by atoms with Gasteiger partial charge in [-0.1, -0.05) is 25.4 Å². The third-order valence-corrected chi connectivity index (χ3v) is 4.84. The Kier molecular flexibility index (Phi) is 4.90. The van der Waals surface area contributed by atoms with Gasteiger partial charge in [-0.3, -0.25) is 4.68 Å². The third kappa shape index (κ3) is 3.22. The predicted molar refractivity (Wildman–Crippen MR) is 82.6 cm³/mol. The molecule has 0 aliphatic rings. The van der Waals surface area contributed by atoms with Crippen molar-refractivity contribution in [3.63, 3.8) is 0 Å². The van der Waals surface area contributed by atoms with Crippen LogP contribution in [0.5, 0.6) is 5.75 Å². The molecule has 2 rings (SSSR count). The number of halogens is 1. The van der Waals surface area contributed by atoms with Crippen LogP contribution in [0.15, 0.2) is 6.07 Å². The van der Waals surface area contributed by atoms with Gasteiger partial charge in [0, 0.05) is 11.9 Å². The first-order valence-corrected chi connectivity index (χ1v) is 7.86. The van der Waals surface area contributed by atoms with Crippen molar-refractivity contribution in [3.05, 3.63) is 32.2 Å². The standard InChI is InChI=1S/C14H17ClN2O3S/c1-4-8-6-11(13(21-8)14(18)19)20-7-10-12(15)9(5-2)16-17(10)3/h6H,4-5,7H2,1-3H3,(H,18,19). The molecule has 2 aromatic heterocycles. The maximum absolute atomic E-state index is 11.2. The van der Waals surface area contributed by atoms with Gasteiger partial charge in [0.15, 0.2) is 4.88 Å².